The lowest BCUT2D eigenvalue weighted by molar-refractivity contribution is -0.384. The van der Waals surface area contributed by atoms with E-state index >= 15 is 0 Å². The Balaban J connectivity index is 1.51. The maximum atomic E-state index is 12.6. The minimum absolute atomic E-state index is 0.115. The van der Waals surface area contributed by atoms with Crippen molar-refractivity contribution in [2.75, 3.05) is 17.2 Å². The van der Waals surface area contributed by atoms with Gasteiger partial charge in [0.1, 0.15) is 5.75 Å². The molecule has 0 fully saturated rings. The zero-order chi connectivity index (χ0) is 24.0. The summed E-state index contributed by atoms with van der Waals surface area (Å²) in [5, 5.41) is 15.8. The van der Waals surface area contributed by atoms with Crippen LogP contribution in [-0.4, -0.2) is 23.3 Å². The van der Waals surface area contributed by atoms with Crippen molar-refractivity contribution < 1.29 is 32.4 Å². The number of rotatable bonds is 7. The van der Waals surface area contributed by atoms with Gasteiger partial charge in [-0.3, -0.25) is 19.7 Å². The highest BCUT2D eigenvalue weighted by atomic mass is 19.4. The van der Waals surface area contributed by atoms with Gasteiger partial charge in [0.15, 0.2) is 6.61 Å². The van der Waals surface area contributed by atoms with Gasteiger partial charge in [-0.05, 0) is 54.6 Å². The van der Waals surface area contributed by atoms with Crippen LogP contribution in [0.1, 0.15) is 15.9 Å². The predicted octanol–water partition coefficient (Wildman–Crippen LogP) is 4.88. The zero-order valence-corrected chi connectivity index (χ0v) is 16.8. The number of ether oxygens (including phenoxy) is 1. The van der Waals surface area contributed by atoms with Crippen molar-refractivity contribution in [3.8, 4) is 5.75 Å². The summed E-state index contributed by atoms with van der Waals surface area (Å²) in [6.07, 6.45) is -4.46. The number of benzene rings is 3. The number of nitro groups is 1. The van der Waals surface area contributed by atoms with Crippen molar-refractivity contribution in [3.05, 3.63) is 94.0 Å². The average Bonchev–Trinajstić information content (AvgIpc) is 2.78. The van der Waals surface area contributed by atoms with Gasteiger partial charge in [-0.15, -0.1) is 0 Å². The predicted molar refractivity (Wildman–Crippen MR) is 113 cm³/mol. The molecular weight excluding hydrogens is 443 g/mol. The molecule has 0 unspecified atom stereocenters. The Morgan fingerprint density at radius 3 is 2.12 bits per heavy atom. The van der Waals surface area contributed by atoms with Crippen LogP contribution in [0.2, 0.25) is 0 Å². The van der Waals surface area contributed by atoms with Crippen LogP contribution < -0.4 is 15.4 Å². The van der Waals surface area contributed by atoms with E-state index in [0.717, 1.165) is 30.3 Å². The second-order valence-electron chi connectivity index (χ2n) is 6.70. The van der Waals surface area contributed by atoms with E-state index in [1.807, 2.05) is 0 Å². The molecule has 0 heterocycles. The zero-order valence-electron chi connectivity index (χ0n) is 16.8. The number of nitrogens with zero attached hydrogens (tertiary/aromatic N) is 1. The minimum atomic E-state index is -4.46. The van der Waals surface area contributed by atoms with Crippen molar-refractivity contribution in [2.24, 2.45) is 0 Å². The van der Waals surface area contributed by atoms with E-state index in [1.54, 1.807) is 0 Å². The third kappa shape index (κ3) is 6.53. The molecule has 3 aromatic rings. The summed E-state index contributed by atoms with van der Waals surface area (Å²) in [5.74, 6) is -0.799. The first kappa shape index (κ1) is 23.3. The fourth-order valence-electron chi connectivity index (χ4n) is 2.69. The number of hydrogen-bond donors (Lipinski definition) is 2. The molecule has 0 aliphatic carbocycles. The second kappa shape index (κ2) is 9.81. The van der Waals surface area contributed by atoms with Gasteiger partial charge >= 0.3 is 6.18 Å². The molecule has 3 rings (SSSR count). The largest absolute Gasteiger partial charge is 0.484 e. The molecule has 0 bridgehead atoms. The monoisotopic (exact) mass is 459 g/mol. The molecular formula is C22H16F3N3O5. The molecule has 0 aliphatic rings. The molecule has 8 nitrogen and oxygen atoms in total. The van der Waals surface area contributed by atoms with Crippen LogP contribution in [0, 0.1) is 10.1 Å². The Kier molecular flexibility index (Phi) is 6.91. The van der Waals surface area contributed by atoms with Gasteiger partial charge in [0.25, 0.3) is 17.5 Å². The lowest BCUT2D eigenvalue weighted by Crippen LogP contribution is -2.20. The Labute approximate surface area is 185 Å². The molecule has 170 valence electrons. The topological polar surface area (TPSA) is 111 Å². The van der Waals surface area contributed by atoms with Crippen LogP contribution in [0.15, 0.2) is 72.8 Å². The van der Waals surface area contributed by atoms with Crippen molar-refractivity contribution in [2.45, 2.75) is 6.18 Å². The molecule has 0 saturated carbocycles. The number of halogens is 3. The van der Waals surface area contributed by atoms with Gasteiger partial charge in [-0.25, -0.2) is 0 Å². The van der Waals surface area contributed by atoms with Crippen LogP contribution in [0.25, 0.3) is 0 Å². The quantitative estimate of drug-likeness (QED) is 0.386. The fraction of sp³-hybridized carbons (Fsp3) is 0.0909. The highest BCUT2D eigenvalue weighted by Crippen LogP contribution is 2.29. The number of nitro benzene ring substituents is 1. The average molecular weight is 459 g/mol. The summed E-state index contributed by atoms with van der Waals surface area (Å²) in [4.78, 5) is 34.4. The summed E-state index contributed by atoms with van der Waals surface area (Å²) in [6.45, 7) is -0.388. The van der Waals surface area contributed by atoms with E-state index in [0.29, 0.717) is 11.4 Å². The first-order valence-electron chi connectivity index (χ1n) is 9.37. The SMILES string of the molecule is O=C(COc1ccc(NC(=O)c2cccc([N+](=O)[O-])c2)cc1)Nc1ccc(C(F)(F)F)cc1. The highest BCUT2D eigenvalue weighted by molar-refractivity contribution is 6.04. The Morgan fingerprint density at radius 2 is 1.52 bits per heavy atom. The summed E-state index contributed by atoms with van der Waals surface area (Å²) in [6, 6.07) is 15.3. The van der Waals surface area contributed by atoms with Gasteiger partial charge in [0, 0.05) is 29.1 Å². The number of nitrogens with one attached hydrogen (secondary N) is 2. The van der Waals surface area contributed by atoms with E-state index < -0.39 is 28.5 Å². The number of non-ortho nitro benzene ring substituents is 1. The Morgan fingerprint density at radius 1 is 0.909 bits per heavy atom. The molecule has 3 aromatic carbocycles. The summed E-state index contributed by atoms with van der Waals surface area (Å²) < 4.78 is 43.0. The fourth-order valence-corrected chi connectivity index (χ4v) is 2.69. The molecule has 2 amide bonds. The van der Waals surface area contributed by atoms with E-state index in [1.165, 1.54) is 42.5 Å². The van der Waals surface area contributed by atoms with Gasteiger partial charge in [-0.2, -0.15) is 13.2 Å². The van der Waals surface area contributed by atoms with Crippen LogP contribution >= 0.6 is 0 Å². The van der Waals surface area contributed by atoms with Gasteiger partial charge in [-0.1, -0.05) is 6.07 Å². The number of carbonyl (C=O) groups excluding carboxylic acids is 2. The maximum absolute atomic E-state index is 12.6. The van der Waals surface area contributed by atoms with E-state index in [9.17, 15) is 32.9 Å². The van der Waals surface area contributed by atoms with Crippen LogP contribution in [0.3, 0.4) is 0 Å². The molecule has 0 saturated heterocycles. The number of carbonyl (C=O) groups is 2. The third-order valence-corrected chi connectivity index (χ3v) is 4.30. The summed E-state index contributed by atoms with van der Waals surface area (Å²) in [5.41, 5.74) is -0.330. The second-order valence-corrected chi connectivity index (χ2v) is 6.70. The molecule has 0 spiro atoms. The standard InChI is InChI=1S/C22H16F3N3O5/c23-22(24,25)15-4-6-16(7-5-15)26-20(29)13-33-19-10-8-17(9-11-19)27-21(30)14-2-1-3-18(12-14)28(31)32/h1-12H,13H2,(H,26,29)(H,27,30). The Bertz CT molecular complexity index is 1160. The lowest BCUT2D eigenvalue weighted by atomic mass is 10.2. The van der Waals surface area contributed by atoms with E-state index in [2.05, 4.69) is 10.6 Å². The Hall–Kier alpha value is -4.41. The van der Waals surface area contributed by atoms with Crippen molar-refractivity contribution >= 4 is 28.9 Å². The minimum Gasteiger partial charge on any atom is -0.484 e. The van der Waals surface area contributed by atoms with Crippen LogP contribution in [0.5, 0.6) is 5.75 Å². The van der Waals surface area contributed by atoms with Crippen LogP contribution in [0.4, 0.5) is 30.2 Å². The normalized spacial score (nSPS) is 10.9. The van der Waals surface area contributed by atoms with Gasteiger partial charge in [0.2, 0.25) is 0 Å². The lowest BCUT2D eigenvalue weighted by Gasteiger charge is -2.10. The molecule has 0 radical (unpaired) electrons. The number of amides is 2. The van der Waals surface area contributed by atoms with Crippen molar-refractivity contribution in [3.63, 3.8) is 0 Å². The van der Waals surface area contributed by atoms with E-state index in [4.69, 9.17) is 4.74 Å². The van der Waals surface area contributed by atoms with E-state index in [-0.39, 0.29) is 23.5 Å². The molecule has 0 aliphatic heterocycles. The van der Waals surface area contributed by atoms with Gasteiger partial charge < -0.3 is 15.4 Å². The highest BCUT2D eigenvalue weighted by Gasteiger charge is 2.30. The van der Waals surface area contributed by atoms with Gasteiger partial charge in [0.05, 0.1) is 10.5 Å². The molecule has 2 N–H and O–H groups in total. The van der Waals surface area contributed by atoms with Crippen molar-refractivity contribution in [1.29, 1.82) is 0 Å². The first-order valence-corrected chi connectivity index (χ1v) is 9.37. The molecule has 0 atom stereocenters. The summed E-state index contributed by atoms with van der Waals surface area (Å²) in [7, 11) is 0. The maximum Gasteiger partial charge on any atom is 0.416 e. The first-order chi connectivity index (χ1) is 15.6. The smallest absolute Gasteiger partial charge is 0.416 e. The number of anilines is 2. The molecule has 33 heavy (non-hydrogen) atoms. The molecule has 0 aromatic heterocycles. The van der Waals surface area contributed by atoms with Crippen molar-refractivity contribution in [1.82, 2.24) is 0 Å². The third-order valence-electron chi connectivity index (χ3n) is 4.30. The van der Waals surface area contributed by atoms with Crippen LogP contribution in [-0.2, 0) is 11.0 Å². The number of alkyl halides is 3. The summed E-state index contributed by atoms with van der Waals surface area (Å²) >= 11 is 0. The number of hydrogen-bond acceptors (Lipinski definition) is 5. The molecule has 11 heteroatoms.